The van der Waals surface area contributed by atoms with Crippen LogP contribution in [0, 0.1) is 5.82 Å². The van der Waals surface area contributed by atoms with E-state index in [9.17, 15) is 9.18 Å². The molecule has 7 heteroatoms. The molecule has 138 valence electrons. The third-order valence-corrected chi connectivity index (χ3v) is 4.79. The van der Waals surface area contributed by atoms with E-state index in [1.165, 1.54) is 23.1 Å². The summed E-state index contributed by atoms with van der Waals surface area (Å²) in [6.45, 7) is 3.86. The van der Waals surface area contributed by atoms with Crippen molar-refractivity contribution in [2.24, 2.45) is 0 Å². The lowest BCUT2D eigenvalue weighted by molar-refractivity contribution is -0.892. The van der Waals surface area contributed by atoms with Crippen LogP contribution in [0.2, 0.25) is 5.02 Å². The van der Waals surface area contributed by atoms with Gasteiger partial charge in [-0.05, 0) is 30.3 Å². The number of halogens is 2. The van der Waals surface area contributed by atoms with Crippen LogP contribution >= 0.6 is 11.6 Å². The van der Waals surface area contributed by atoms with Gasteiger partial charge in [-0.2, -0.15) is 0 Å². The van der Waals surface area contributed by atoms with Crippen LogP contribution in [-0.4, -0.2) is 45.7 Å². The summed E-state index contributed by atoms with van der Waals surface area (Å²) in [4.78, 5) is 15.7. The number of piperazine rings is 1. The van der Waals surface area contributed by atoms with Crippen LogP contribution in [0.4, 0.5) is 15.8 Å². The summed E-state index contributed by atoms with van der Waals surface area (Å²) < 4.78 is 18.4. The molecule has 2 aromatic rings. The molecule has 1 aliphatic heterocycles. The van der Waals surface area contributed by atoms with E-state index in [-0.39, 0.29) is 10.9 Å². The second kappa shape index (κ2) is 8.38. The number of benzene rings is 2. The summed E-state index contributed by atoms with van der Waals surface area (Å²) in [6, 6.07) is 12.2. The summed E-state index contributed by atoms with van der Waals surface area (Å²) >= 11 is 5.74. The highest BCUT2D eigenvalue weighted by molar-refractivity contribution is 6.31. The van der Waals surface area contributed by atoms with Crippen molar-refractivity contribution >= 4 is 28.9 Å². The molecule has 0 saturated carbocycles. The lowest BCUT2D eigenvalue weighted by Gasteiger charge is -2.33. The number of carbonyl (C=O) groups is 1. The first-order chi connectivity index (χ1) is 12.5. The molecule has 1 heterocycles. The molecule has 5 nitrogen and oxygen atoms in total. The van der Waals surface area contributed by atoms with E-state index in [0.29, 0.717) is 12.2 Å². The average Bonchev–Trinajstić information content (AvgIpc) is 2.65. The number of amides is 1. The Kier molecular flexibility index (Phi) is 5.96. The molecule has 26 heavy (non-hydrogen) atoms. The van der Waals surface area contributed by atoms with Crippen molar-refractivity contribution in [3.05, 3.63) is 53.3 Å². The summed E-state index contributed by atoms with van der Waals surface area (Å²) in [5.41, 5.74) is 1.64. The van der Waals surface area contributed by atoms with Crippen molar-refractivity contribution in [1.29, 1.82) is 0 Å². The fourth-order valence-corrected chi connectivity index (χ4v) is 3.25. The summed E-state index contributed by atoms with van der Waals surface area (Å²) in [6.07, 6.45) is 0. The number of nitrogens with one attached hydrogen (secondary N) is 2. The fraction of sp³-hybridized carbons (Fsp3) is 0.316. The number of nitrogens with zero attached hydrogens (tertiary/aromatic N) is 1. The standard InChI is InChI=1S/C19H21ClFN3O2/c1-26-16-4-2-3-15(12-16)24-9-7-23(8-10-24)13-19(25)22-14-5-6-18(21)17(20)11-14/h2-6,11-12H,7-10,13H2,1H3,(H,22,25)/p+1. The number of carbonyl (C=O) groups excluding carboxylic acids is 1. The molecule has 1 saturated heterocycles. The first-order valence-corrected chi connectivity index (χ1v) is 8.90. The van der Waals surface area contributed by atoms with Crippen LogP contribution in [0.3, 0.4) is 0 Å². The van der Waals surface area contributed by atoms with Gasteiger partial charge in [0.15, 0.2) is 6.54 Å². The van der Waals surface area contributed by atoms with Crippen molar-refractivity contribution in [2.45, 2.75) is 0 Å². The molecule has 2 N–H and O–H groups in total. The quantitative estimate of drug-likeness (QED) is 0.834. The monoisotopic (exact) mass is 378 g/mol. The zero-order valence-corrected chi connectivity index (χ0v) is 15.4. The maximum absolute atomic E-state index is 13.2. The van der Waals surface area contributed by atoms with Crippen molar-refractivity contribution in [3.8, 4) is 5.75 Å². The molecule has 0 bridgehead atoms. The minimum atomic E-state index is -0.496. The summed E-state index contributed by atoms with van der Waals surface area (Å²) in [7, 11) is 1.66. The SMILES string of the molecule is COc1cccc(N2CC[NH+](CC(=O)Nc3ccc(F)c(Cl)c3)CC2)c1. The van der Waals surface area contributed by atoms with Gasteiger partial charge in [0.1, 0.15) is 11.6 Å². The zero-order valence-electron chi connectivity index (χ0n) is 14.6. The number of ether oxygens (including phenoxy) is 1. The zero-order chi connectivity index (χ0) is 18.5. The van der Waals surface area contributed by atoms with Gasteiger partial charge in [-0.25, -0.2) is 4.39 Å². The van der Waals surface area contributed by atoms with Gasteiger partial charge in [-0.15, -0.1) is 0 Å². The number of anilines is 2. The molecule has 1 amide bonds. The Hall–Kier alpha value is -2.31. The number of rotatable bonds is 5. The summed E-state index contributed by atoms with van der Waals surface area (Å²) in [5.74, 6) is 0.246. The third-order valence-electron chi connectivity index (χ3n) is 4.50. The minimum absolute atomic E-state index is 0.00190. The predicted octanol–water partition coefficient (Wildman–Crippen LogP) is 1.83. The molecule has 1 fully saturated rings. The number of hydrogen-bond acceptors (Lipinski definition) is 3. The van der Waals surface area contributed by atoms with E-state index >= 15 is 0 Å². The van der Waals surface area contributed by atoms with Crippen molar-refractivity contribution in [1.82, 2.24) is 0 Å². The third kappa shape index (κ3) is 4.65. The first kappa shape index (κ1) is 18.5. The van der Waals surface area contributed by atoms with Gasteiger partial charge in [-0.1, -0.05) is 17.7 Å². The van der Waals surface area contributed by atoms with E-state index in [0.717, 1.165) is 37.6 Å². The molecule has 0 spiro atoms. The van der Waals surface area contributed by atoms with Gasteiger partial charge < -0.3 is 19.9 Å². The Morgan fingerprint density at radius 1 is 1.27 bits per heavy atom. The van der Waals surface area contributed by atoms with Gasteiger partial charge in [0.25, 0.3) is 5.91 Å². The van der Waals surface area contributed by atoms with E-state index in [1.807, 2.05) is 18.2 Å². The van der Waals surface area contributed by atoms with Gasteiger partial charge in [-0.3, -0.25) is 4.79 Å². The maximum Gasteiger partial charge on any atom is 0.279 e. The van der Waals surface area contributed by atoms with Crippen molar-refractivity contribution in [3.63, 3.8) is 0 Å². The Balaban J connectivity index is 1.50. The smallest absolute Gasteiger partial charge is 0.279 e. The largest absolute Gasteiger partial charge is 0.497 e. The molecule has 1 aliphatic rings. The number of methoxy groups -OCH3 is 1. The Morgan fingerprint density at radius 3 is 2.73 bits per heavy atom. The van der Waals surface area contributed by atoms with Gasteiger partial charge in [0.2, 0.25) is 0 Å². The highest BCUT2D eigenvalue weighted by Gasteiger charge is 2.22. The van der Waals surface area contributed by atoms with Gasteiger partial charge >= 0.3 is 0 Å². The molecule has 0 unspecified atom stereocenters. The Morgan fingerprint density at radius 2 is 2.04 bits per heavy atom. The van der Waals surface area contributed by atoms with Crippen LogP contribution < -0.4 is 19.9 Å². The molecule has 0 aliphatic carbocycles. The highest BCUT2D eigenvalue weighted by atomic mass is 35.5. The van der Waals surface area contributed by atoms with Gasteiger partial charge in [0.05, 0.1) is 38.3 Å². The van der Waals surface area contributed by atoms with Crippen LogP contribution in [0.5, 0.6) is 5.75 Å². The molecule has 2 aromatic carbocycles. The molecule has 3 rings (SSSR count). The van der Waals surface area contributed by atoms with E-state index in [4.69, 9.17) is 16.3 Å². The number of quaternary nitrogens is 1. The lowest BCUT2D eigenvalue weighted by atomic mass is 10.2. The molecular weight excluding hydrogens is 357 g/mol. The molecule has 0 atom stereocenters. The molecular formula is C19H22ClFN3O2+. The van der Waals surface area contributed by atoms with Crippen LogP contribution in [-0.2, 0) is 4.79 Å². The second-order valence-corrected chi connectivity index (χ2v) is 6.70. The Labute approximate surface area is 157 Å². The highest BCUT2D eigenvalue weighted by Crippen LogP contribution is 2.21. The van der Waals surface area contributed by atoms with E-state index < -0.39 is 5.82 Å². The van der Waals surface area contributed by atoms with Crippen LogP contribution in [0.1, 0.15) is 0 Å². The van der Waals surface area contributed by atoms with Gasteiger partial charge in [0, 0.05) is 17.4 Å². The minimum Gasteiger partial charge on any atom is -0.497 e. The fourth-order valence-electron chi connectivity index (χ4n) is 3.07. The Bertz CT molecular complexity index is 779. The number of hydrogen-bond donors (Lipinski definition) is 2. The lowest BCUT2D eigenvalue weighted by Crippen LogP contribution is -3.15. The topological polar surface area (TPSA) is 46.0 Å². The first-order valence-electron chi connectivity index (χ1n) is 8.52. The van der Waals surface area contributed by atoms with E-state index in [2.05, 4.69) is 16.3 Å². The molecule has 0 aromatic heterocycles. The average molecular weight is 379 g/mol. The van der Waals surface area contributed by atoms with Crippen molar-refractivity contribution < 1.29 is 18.8 Å². The molecule has 0 radical (unpaired) electrons. The maximum atomic E-state index is 13.2. The second-order valence-electron chi connectivity index (χ2n) is 6.29. The van der Waals surface area contributed by atoms with E-state index in [1.54, 1.807) is 7.11 Å². The van der Waals surface area contributed by atoms with Crippen LogP contribution in [0.25, 0.3) is 0 Å². The normalized spacial score (nSPS) is 15.0. The van der Waals surface area contributed by atoms with Crippen LogP contribution in [0.15, 0.2) is 42.5 Å². The predicted molar refractivity (Wildman–Crippen MR) is 101 cm³/mol. The summed E-state index contributed by atoms with van der Waals surface area (Å²) in [5, 5.41) is 2.78. The van der Waals surface area contributed by atoms with Crippen molar-refractivity contribution in [2.75, 3.05) is 50.1 Å².